The van der Waals surface area contributed by atoms with Crippen molar-refractivity contribution >= 4 is 16.2 Å². The van der Waals surface area contributed by atoms with E-state index in [1.165, 1.54) is 4.90 Å². The Labute approximate surface area is 89.3 Å². The molecule has 1 aliphatic rings. The summed E-state index contributed by atoms with van der Waals surface area (Å²) in [5.41, 5.74) is 0. The van der Waals surface area contributed by atoms with E-state index in [-0.39, 0.29) is 12.6 Å². The van der Waals surface area contributed by atoms with Crippen molar-refractivity contribution in [1.82, 2.24) is 4.90 Å². The zero-order chi connectivity index (χ0) is 11.6. The quantitative estimate of drug-likeness (QED) is 0.653. The molecule has 1 heterocycles. The molecule has 0 aromatic carbocycles. The van der Waals surface area contributed by atoms with E-state index in [1.54, 1.807) is 0 Å². The average Bonchev–Trinajstić information content (AvgIpc) is 2.42. The highest BCUT2D eigenvalue weighted by atomic mass is 32.2. The summed E-state index contributed by atoms with van der Waals surface area (Å²) < 4.78 is 30.9. The van der Waals surface area contributed by atoms with Crippen LogP contribution in [0.25, 0.3) is 0 Å². The minimum Gasteiger partial charge on any atom is -0.442 e. The van der Waals surface area contributed by atoms with Gasteiger partial charge < -0.3 is 9.64 Å². The van der Waals surface area contributed by atoms with Crippen LogP contribution in [0.15, 0.2) is 0 Å². The van der Waals surface area contributed by atoms with Gasteiger partial charge in [-0.05, 0) is 13.8 Å². The fraction of sp³-hybridized carbons (Fsp3) is 0.875. The summed E-state index contributed by atoms with van der Waals surface area (Å²) in [6.45, 7) is 3.97. The van der Waals surface area contributed by atoms with Gasteiger partial charge in [-0.3, -0.25) is 4.18 Å². The van der Waals surface area contributed by atoms with Crippen LogP contribution in [0.2, 0.25) is 0 Å². The van der Waals surface area contributed by atoms with Crippen LogP contribution in [0.1, 0.15) is 13.8 Å². The second kappa shape index (κ2) is 4.36. The first-order chi connectivity index (χ1) is 6.79. The lowest BCUT2D eigenvalue weighted by Crippen LogP contribution is -2.32. The summed E-state index contributed by atoms with van der Waals surface area (Å²) in [4.78, 5) is 12.8. The second-order valence-corrected chi connectivity index (χ2v) is 5.38. The molecule has 1 saturated heterocycles. The Kier molecular flexibility index (Phi) is 3.56. The molecule has 0 aromatic rings. The highest BCUT2D eigenvalue weighted by molar-refractivity contribution is 7.85. The largest absolute Gasteiger partial charge is 0.442 e. The van der Waals surface area contributed by atoms with Crippen molar-refractivity contribution in [2.24, 2.45) is 0 Å². The molecule has 0 unspecified atom stereocenters. The van der Waals surface area contributed by atoms with Gasteiger partial charge in [0.2, 0.25) is 0 Å². The molecule has 0 spiro atoms. The van der Waals surface area contributed by atoms with Gasteiger partial charge >= 0.3 is 6.09 Å². The maximum absolute atomic E-state index is 11.2. The van der Waals surface area contributed by atoms with E-state index in [0.717, 1.165) is 6.26 Å². The molecular formula is C8H15NO5S. The molecule has 1 aliphatic heterocycles. The molecular weight excluding hydrogens is 222 g/mol. The first-order valence-electron chi connectivity index (χ1n) is 4.61. The molecule has 0 aromatic heterocycles. The average molecular weight is 237 g/mol. The molecule has 1 amide bonds. The molecule has 0 N–H and O–H groups in total. The third kappa shape index (κ3) is 3.67. The van der Waals surface area contributed by atoms with Crippen LogP contribution in [-0.4, -0.2) is 51.0 Å². The Morgan fingerprint density at radius 2 is 2.20 bits per heavy atom. The highest BCUT2D eigenvalue weighted by Gasteiger charge is 2.33. The minimum absolute atomic E-state index is 0.0423. The molecule has 0 bridgehead atoms. The third-order valence-electron chi connectivity index (χ3n) is 1.99. The molecule has 6 nitrogen and oxygen atoms in total. The summed E-state index contributed by atoms with van der Waals surface area (Å²) in [6, 6.07) is 0.0423. The van der Waals surface area contributed by atoms with Crippen LogP contribution in [0.4, 0.5) is 4.79 Å². The number of amides is 1. The smallest absolute Gasteiger partial charge is 0.410 e. The molecule has 0 radical (unpaired) electrons. The minimum atomic E-state index is -3.48. The Morgan fingerprint density at radius 3 is 2.60 bits per heavy atom. The standard InChI is InChI=1S/C8H15NO5S/c1-6(2)9-4-7(14-8(9)10)5-13-15(3,11)12/h6-7H,4-5H2,1-3H3/t7-/m1/s1. The lowest BCUT2D eigenvalue weighted by Gasteiger charge is -2.16. The van der Waals surface area contributed by atoms with Crippen LogP contribution in [0.3, 0.4) is 0 Å². The Bertz CT molecular complexity index is 337. The Morgan fingerprint density at radius 1 is 1.60 bits per heavy atom. The van der Waals surface area contributed by atoms with Crippen molar-refractivity contribution in [3.05, 3.63) is 0 Å². The second-order valence-electron chi connectivity index (χ2n) is 3.74. The number of carbonyl (C=O) groups is 1. The molecule has 1 atom stereocenters. The summed E-state index contributed by atoms with van der Waals surface area (Å²) in [5.74, 6) is 0. The van der Waals surface area contributed by atoms with E-state index in [9.17, 15) is 13.2 Å². The van der Waals surface area contributed by atoms with Crippen molar-refractivity contribution in [2.45, 2.75) is 26.0 Å². The molecule has 0 aliphatic carbocycles. The highest BCUT2D eigenvalue weighted by Crippen LogP contribution is 2.14. The lowest BCUT2D eigenvalue weighted by atomic mass is 10.3. The van der Waals surface area contributed by atoms with Crippen LogP contribution in [-0.2, 0) is 19.0 Å². The van der Waals surface area contributed by atoms with Gasteiger partial charge in [-0.2, -0.15) is 8.42 Å². The van der Waals surface area contributed by atoms with E-state index < -0.39 is 22.3 Å². The number of hydrogen-bond acceptors (Lipinski definition) is 5. The number of ether oxygens (including phenoxy) is 1. The number of rotatable bonds is 4. The summed E-state index contributed by atoms with van der Waals surface area (Å²) >= 11 is 0. The van der Waals surface area contributed by atoms with Crippen LogP contribution < -0.4 is 0 Å². The van der Waals surface area contributed by atoms with Crippen molar-refractivity contribution in [1.29, 1.82) is 0 Å². The monoisotopic (exact) mass is 237 g/mol. The van der Waals surface area contributed by atoms with Gasteiger partial charge in [-0.1, -0.05) is 0 Å². The van der Waals surface area contributed by atoms with E-state index in [2.05, 4.69) is 4.18 Å². The molecule has 0 saturated carbocycles. The summed E-state index contributed by atoms with van der Waals surface area (Å²) in [7, 11) is -3.48. The van der Waals surface area contributed by atoms with Crippen molar-refractivity contribution < 1.29 is 22.1 Å². The van der Waals surface area contributed by atoms with E-state index >= 15 is 0 Å². The third-order valence-corrected chi connectivity index (χ3v) is 2.56. The summed E-state index contributed by atoms with van der Waals surface area (Å²) in [5, 5.41) is 0. The van der Waals surface area contributed by atoms with Gasteiger partial charge in [-0.15, -0.1) is 0 Å². The van der Waals surface area contributed by atoms with Crippen LogP contribution in [0, 0.1) is 0 Å². The van der Waals surface area contributed by atoms with Crippen LogP contribution in [0.5, 0.6) is 0 Å². The first kappa shape index (κ1) is 12.3. The SMILES string of the molecule is CC(C)N1C[C@H](COS(C)(=O)=O)OC1=O. The molecule has 1 rings (SSSR count). The number of carbonyl (C=O) groups excluding carboxylic acids is 1. The predicted molar refractivity (Wildman–Crippen MR) is 52.9 cm³/mol. The Balaban J connectivity index is 2.46. The predicted octanol–water partition coefficient (Wildman–Crippen LogP) is 0.192. The van der Waals surface area contributed by atoms with Crippen molar-refractivity contribution in [2.75, 3.05) is 19.4 Å². The number of hydrogen-bond donors (Lipinski definition) is 0. The molecule has 1 fully saturated rings. The topological polar surface area (TPSA) is 72.9 Å². The van der Waals surface area contributed by atoms with Gasteiger partial charge in [0.15, 0.2) is 0 Å². The van der Waals surface area contributed by atoms with Gasteiger partial charge in [-0.25, -0.2) is 4.79 Å². The van der Waals surface area contributed by atoms with Crippen molar-refractivity contribution in [3.8, 4) is 0 Å². The molecule has 15 heavy (non-hydrogen) atoms. The van der Waals surface area contributed by atoms with E-state index in [0.29, 0.717) is 6.54 Å². The Hall–Kier alpha value is -0.820. The van der Waals surface area contributed by atoms with Crippen LogP contribution >= 0.6 is 0 Å². The van der Waals surface area contributed by atoms with E-state index in [1.807, 2.05) is 13.8 Å². The van der Waals surface area contributed by atoms with Gasteiger partial charge in [0.1, 0.15) is 12.7 Å². The fourth-order valence-corrected chi connectivity index (χ4v) is 1.65. The first-order valence-corrected chi connectivity index (χ1v) is 6.43. The molecule has 7 heteroatoms. The maximum atomic E-state index is 11.2. The van der Waals surface area contributed by atoms with Gasteiger partial charge in [0.05, 0.1) is 12.8 Å². The summed E-state index contributed by atoms with van der Waals surface area (Å²) in [6.07, 6.45) is 0.0333. The lowest BCUT2D eigenvalue weighted by molar-refractivity contribution is 0.104. The van der Waals surface area contributed by atoms with E-state index in [4.69, 9.17) is 4.74 Å². The normalized spacial score (nSPS) is 22.3. The van der Waals surface area contributed by atoms with Gasteiger partial charge in [0, 0.05) is 6.04 Å². The zero-order valence-electron chi connectivity index (χ0n) is 8.97. The fourth-order valence-electron chi connectivity index (χ4n) is 1.25. The maximum Gasteiger partial charge on any atom is 0.410 e. The molecule has 88 valence electrons. The number of cyclic esters (lactones) is 1. The zero-order valence-corrected chi connectivity index (χ0v) is 9.78. The van der Waals surface area contributed by atoms with Gasteiger partial charge in [0.25, 0.3) is 10.1 Å². The number of nitrogens with zero attached hydrogens (tertiary/aromatic N) is 1. The van der Waals surface area contributed by atoms with Crippen molar-refractivity contribution in [3.63, 3.8) is 0 Å².